The molecule has 2 heteroatoms. The van der Waals surface area contributed by atoms with Crippen molar-refractivity contribution in [2.75, 3.05) is 0 Å². The molecule has 0 aromatic carbocycles. The van der Waals surface area contributed by atoms with Crippen molar-refractivity contribution < 1.29 is 4.79 Å². The van der Waals surface area contributed by atoms with Crippen LogP contribution in [0.2, 0.25) is 0 Å². The second-order valence-corrected chi connectivity index (χ2v) is 5.72. The molecule has 0 saturated carbocycles. The highest BCUT2D eigenvalue weighted by molar-refractivity contribution is 5.79. The summed E-state index contributed by atoms with van der Waals surface area (Å²) in [7, 11) is 0. The second kappa shape index (κ2) is 5.20. The van der Waals surface area contributed by atoms with E-state index in [4.69, 9.17) is 0 Å². The summed E-state index contributed by atoms with van der Waals surface area (Å²) in [6, 6.07) is 0.831. The van der Waals surface area contributed by atoms with Crippen LogP contribution in [-0.4, -0.2) is 22.9 Å². The van der Waals surface area contributed by atoms with Crippen LogP contribution in [-0.2, 0) is 4.79 Å². The van der Waals surface area contributed by atoms with Gasteiger partial charge in [-0.25, -0.2) is 0 Å². The minimum atomic E-state index is 0.167. The van der Waals surface area contributed by atoms with Gasteiger partial charge < -0.3 is 4.90 Å². The molecule has 94 valence electrons. The third-order valence-corrected chi connectivity index (χ3v) is 4.59. The average molecular weight is 225 g/mol. The molecule has 5 atom stereocenters. The zero-order valence-electron chi connectivity index (χ0n) is 11.7. The van der Waals surface area contributed by atoms with E-state index in [0.717, 1.165) is 12.8 Å². The van der Waals surface area contributed by atoms with Crippen molar-refractivity contribution in [1.82, 2.24) is 4.90 Å². The van der Waals surface area contributed by atoms with E-state index < -0.39 is 0 Å². The van der Waals surface area contributed by atoms with Crippen LogP contribution in [0, 0.1) is 17.8 Å². The van der Waals surface area contributed by atoms with E-state index in [-0.39, 0.29) is 5.92 Å². The highest BCUT2D eigenvalue weighted by Crippen LogP contribution is 2.32. The van der Waals surface area contributed by atoms with Crippen molar-refractivity contribution in [3.8, 4) is 0 Å². The van der Waals surface area contributed by atoms with Crippen LogP contribution in [0.3, 0.4) is 0 Å². The molecule has 1 amide bonds. The standard InChI is InChI=1S/C14H27NO/c1-7-9(2)12(5)14(16)15-11(4)8-10(3)13(15)6/h9-13H,7-8H2,1-6H3/t9?,10?,11-,12?,13?/m1/s1. The Labute approximate surface area is 100 Å². The molecule has 1 heterocycles. The molecule has 0 aromatic rings. The molecule has 1 aliphatic rings. The number of hydrogen-bond donors (Lipinski definition) is 0. The summed E-state index contributed by atoms with van der Waals surface area (Å²) in [5, 5.41) is 0. The number of likely N-dealkylation sites (tertiary alicyclic amines) is 1. The molecular weight excluding hydrogens is 198 g/mol. The summed E-state index contributed by atoms with van der Waals surface area (Å²) in [5.41, 5.74) is 0. The number of carbonyl (C=O) groups excluding carboxylic acids is 1. The predicted octanol–water partition coefficient (Wildman–Crippen LogP) is 3.31. The van der Waals surface area contributed by atoms with Crippen molar-refractivity contribution in [3.05, 3.63) is 0 Å². The molecule has 0 N–H and O–H groups in total. The van der Waals surface area contributed by atoms with Crippen LogP contribution in [0.25, 0.3) is 0 Å². The van der Waals surface area contributed by atoms with Crippen LogP contribution in [0.4, 0.5) is 0 Å². The topological polar surface area (TPSA) is 20.3 Å². The molecule has 0 radical (unpaired) electrons. The summed E-state index contributed by atoms with van der Waals surface area (Å²) in [6.45, 7) is 13.0. The third kappa shape index (κ3) is 2.41. The van der Waals surface area contributed by atoms with Gasteiger partial charge in [0.05, 0.1) is 0 Å². The lowest BCUT2D eigenvalue weighted by molar-refractivity contribution is -0.139. The summed E-state index contributed by atoms with van der Waals surface area (Å²) < 4.78 is 0. The van der Waals surface area contributed by atoms with Crippen molar-refractivity contribution in [1.29, 1.82) is 0 Å². The molecule has 0 aromatic heterocycles. The zero-order valence-corrected chi connectivity index (χ0v) is 11.7. The quantitative estimate of drug-likeness (QED) is 0.721. The number of carbonyl (C=O) groups is 1. The molecule has 16 heavy (non-hydrogen) atoms. The molecule has 1 rings (SSSR count). The molecule has 4 unspecified atom stereocenters. The zero-order chi connectivity index (χ0) is 12.5. The summed E-state index contributed by atoms with van der Waals surface area (Å²) in [4.78, 5) is 14.6. The Morgan fingerprint density at radius 3 is 2.25 bits per heavy atom. The maximum Gasteiger partial charge on any atom is 0.226 e. The van der Waals surface area contributed by atoms with Crippen molar-refractivity contribution >= 4 is 5.91 Å². The summed E-state index contributed by atoms with van der Waals surface area (Å²) in [6.07, 6.45) is 2.24. The number of hydrogen-bond acceptors (Lipinski definition) is 1. The first-order valence-corrected chi connectivity index (χ1v) is 6.72. The minimum Gasteiger partial charge on any atom is -0.337 e. The molecular formula is C14H27NO. The fourth-order valence-corrected chi connectivity index (χ4v) is 2.77. The smallest absolute Gasteiger partial charge is 0.226 e. The van der Waals surface area contributed by atoms with E-state index >= 15 is 0 Å². The Morgan fingerprint density at radius 1 is 1.31 bits per heavy atom. The van der Waals surface area contributed by atoms with Gasteiger partial charge in [-0.3, -0.25) is 4.79 Å². The molecule has 0 bridgehead atoms. The van der Waals surface area contributed by atoms with Crippen LogP contribution < -0.4 is 0 Å². The molecule has 0 spiro atoms. The van der Waals surface area contributed by atoms with E-state index in [1.807, 2.05) is 0 Å². The Balaban J connectivity index is 2.73. The van der Waals surface area contributed by atoms with Crippen LogP contribution in [0.15, 0.2) is 0 Å². The largest absolute Gasteiger partial charge is 0.337 e. The van der Waals surface area contributed by atoms with Crippen LogP contribution >= 0.6 is 0 Å². The minimum absolute atomic E-state index is 0.167. The second-order valence-electron chi connectivity index (χ2n) is 5.72. The first kappa shape index (κ1) is 13.5. The Kier molecular flexibility index (Phi) is 4.40. The van der Waals surface area contributed by atoms with Crippen molar-refractivity contribution in [2.24, 2.45) is 17.8 Å². The van der Waals surface area contributed by atoms with E-state index in [9.17, 15) is 4.79 Å². The molecule has 2 nitrogen and oxygen atoms in total. The number of rotatable bonds is 3. The Morgan fingerprint density at radius 2 is 1.88 bits per heavy atom. The van der Waals surface area contributed by atoms with Gasteiger partial charge >= 0.3 is 0 Å². The normalized spacial score (nSPS) is 33.9. The lowest BCUT2D eigenvalue weighted by Gasteiger charge is -2.31. The van der Waals surface area contributed by atoms with Crippen LogP contribution in [0.1, 0.15) is 54.4 Å². The average Bonchev–Trinajstić information content (AvgIpc) is 2.50. The summed E-state index contributed by atoms with van der Waals surface area (Å²) >= 11 is 0. The highest BCUT2D eigenvalue weighted by atomic mass is 16.2. The van der Waals surface area contributed by atoms with Gasteiger partial charge in [0.1, 0.15) is 0 Å². The van der Waals surface area contributed by atoms with Crippen molar-refractivity contribution in [3.63, 3.8) is 0 Å². The monoisotopic (exact) mass is 225 g/mol. The Bertz CT molecular complexity index is 251. The highest BCUT2D eigenvalue weighted by Gasteiger charge is 2.38. The number of amides is 1. The maximum absolute atomic E-state index is 12.4. The van der Waals surface area contributed by atoms with Gasteiger partial charge in [0.15, 0.2) is 0 Å². The van der Waals surface area contributed by atoms with Crippen molar-refractivity contribution in [2.45, 2.75) is 66.5 Å². The molecule has 0 aliphatic carbocycles. The van der Waals surface area contributed by atoms with Gasteiger partial charge in [-0.2, -0.15) is 0 Å². The number of nitrogens with zero attached hydrogens (tertiary/aromatic N) is 1. The van der Waals surface area contributed by atoms with Crippen LogP contribution in [0.5, 0.6) is 0 Å². The predicted molar refractivity (Wildman–Crippen MR) is 68.2 cm³/mol. The van der Waals surface area contributed by atoms with Gasteiger partial charge in [0.25, 0.3) is 0 Å². The first-order chi connectivity index (χ1) is 7.40. The third-order valence-electron chi connectivity index (χ3n) is 4.59. The van der Waals surface area contributed by atoms with E-state index in [0.29, 0.717) is 29.8 Å². The van der Waals surface area contributed by atoms with E-state index in [2.05, 4.69) is 46.4 Å². The van der Waals surface area contributed by atoms with Gasteiger partial charge in [0, 0.05) is 18.0 Å². The first-order valence-electron chi connectivity index (χ1n) is 6.72. The lowest BCUT2D eigenvalue weighted by Crippen LogP contribution is -2.43. The van der Waals surface area contributed by atoms with Gasteiger partial charge in [-0.1, -0.05) is 34.1 Å². The summed E-state index contributed by atoms with van der Waals surface area (Å²) in [5.74, 6) is 1.66. The van der Waals surface area contributed by atoms with Gasteiger partial charge in [-0.15, -0.1) is 0 Å². The molecule has 1 saturated heterocycles. The SMILES string of the molecule is CCC(C)C(C)C(=O)N1C(C)C(C)C[C@H]1C. The van der Waals surface area contributed by atoms with E-state index in [1.54, 1.807) is 0 Å². The maximum atomic E-state index is 12.4. The molecule has 1 fully saturated rings. The Hall–Kier alpha value is -0.530. The van der Waals surface area contributed by atoms with E-state index in [1.165, 1.54) is 0 Å². The fourth-order valence-electron chi connectivity index (χ4n) is 2.77. The molecule has 1 aliphatic heterocycles. The fraction of sp³-hybridized carbons (Fsp3) is 0.929. The van der Waals surface area contributed by atoms with Gasteiger partial charge in [-0.05, 0) is 32.1 Å². The lowest BCUT2D eigenvalue weighted by atomic mass is 9.92. The van der Waals surface area contributed by atoms with Gasteiger partial charge in [0.2, 0.25) is 5.91 Å².